The number of nitrogens with one attached hydrogen (secondary N) is 2. The first kappa shape index (κ1) is 16.3. The summed E-state index contributed by atoms with van der Waals surface area (Å²) in [4.78, 5) is 11.9. The molecule has 1 heterocycles. The summed E-state index contributed by atoms with van der Waals surface area (Å²) in [5.41, 5.74) is 1.35. The minimum absolute atomic E-state index is 0.0375. The van der Waals surface area contributed by atoms with Gasteiger partial charge in [-0.25, -0.2) is 0 Å². The van der Waals surface area contributed by atoms with Crippen molar-refractivity contribution >= 4 is 28.4 Å². The Morgan fingerprint density at radius 1 is 1.26 bits per heavy atom. The molecular formula is C18H22N2O2S. The van der Waals surface area contributed by atoms with Gasteiger partial charge in [-0.15, -0.1) is 0 Å². The van der Waals surface area contributed by atoms with Crippen molar-refractivity contribution < 1.29 is 9.53 Å². The number of hydrogen-bond donors (Lipinski definition) is 2. The molecule has 1 atom stereocenters. The molecule has 1 unspecified atom stereocenters. The number of carbonyl (C=O) groups excluding carboxylic acids is 1. The van der Waals surface area contributed by atoms with Crippen LogP contribution in [0.15, 0.2) is 42.5 Å². The molecule has 1 fully saturated rings. The predicted octanol–water partition coefficient (Wildman–Crippen LogP) is 2.18. The molecular weight excluding hydrogens is 308 g/mol. The van der Waals surface area contributed by atoms with Crippen molar-refractivity contribution in [2.24, 2.45) is 0 Å². The van der Waals surface area contributed by atoms with Crippen LogP contribution in [0.3, 0.4) is 0 Å². The summed E-state index contributed by atoms with van der Waals surface area (Å²) < 4.78 is 5.30. The molecule has 4 nitrogen and oxygen atoms in total. The highest BCUT2D eigenvalue weighted by molar-refractivity contribution is 7.98. The molecule has 0 saturated carbocycles. The number of morpholine rings is 1. The van der Waals surface area contributed by atoms with Crippen LogP contribution >= 0.6 is 11.8 Å². The Kier molecular flexibility index (Phi) is 5.91. The Bertz CT molecular complexity index is 651. The summed E-state index contributed by atoms with van der Waals surface area (Å²) in [5.74, 6) is 1.90. The lowest BCUT2D eigenvalue weighted by Crippen LogP contribution is -2.51. The lowest BCUT2D eigenvalue weighted by atomic mass is 10.1. The van der Waals surface area contributed by atoms with Gasteiger partial charge in [-0.1, -0.05) is 42.5 Å². The van der Waals surface area contributed by atoms with Crippen LogP contribution < -0.4 is 10.6 Å². The van der Waals surface area contributed by atoms with E-state index in [2.05, 4.69) is 53.1 Å². The average Bonchev–Trinajstić information content (AvgIpc) is 2.62. The van der Waals surface area contributed by atoms with Crippen LogP contribution in [-0.4, -0.2) is 44.0 Å². The van der Waals surface area contributed by atoms with Crippen molar-refractivity contribution in [1.82, 2.24) is 10.6 Å². The van der Waals surface area contributed by atoms with Crippen LogP contribution in [0.25, 0.3) is 10.8 Å². The largest absolute Gasteiger partial charge is 0.378 e. The smallest absolute Gasteiger partial charge is 0.239 e. The van der Waals surface area contributed by atoms with Gasteiger partial charge in [0.15, 0.2) is 0 Å². The number of fused-ring (bicyclic) bond motifs is 1. The first-order valence-corrected chi connectivity index (χ1v) is 9.13. The maximum absolute atomic E-state index is 11.9. The molecule has 23 heavy (non-hydrogen) atoms. The fourth-order valence-electron chi connectivity index (χ4n) is 2.70. The van der Waals surface area contributed by atoms with Gasteiger partial charge in [0.25, 0.3) is 0 Å². The van der Waals surface area contributed by atoms with E-state index in [1.807, 2.05) is 11.8 Å². The van der Waals surface area contributed by atoms with E-state index in [4.69, 9.17) is 4.74 Å². The SMILES string of the molecule is O=C(NCCSCc1cccc2ccccc12)C1COCCN1. The molecule has 1 saturated heterocycles. The lowest BCUT2D eigenvalue weighted by molar-refractivity contribution is -0.125. The summed E-state index contributed by atoms with van der Waals surface area (Å²) in [5, 5.41) is 8.73. The van der Waals surface area contributed by atoms with Crippen molar-refractivity contribution in [3.05, 3.63) is 48.0 Å². The van der Waals surface area contributed by atoms with Gasteiger partial charge in [-0.3, -0.25) is 4.79 Å². The van der Waals surface area contributed by atoms with Crippen LogP contribution in [0, 0.1) is 0 Å². The molecule has 2 N–H and O–H groups in total. The Morgan fingerprint density at radius 2 is 2.13 bits per heavy atom. The zero-order valence-corrected chi connectivity index (χ0v) is 13.9. The molecule has 122 valence electrons. The van der Waals surface area contributed by atoms with Crippen LogP contribution in [-0.2, 0) is 15.3 Å². The topological polar surface area (TPSA) is 50.4 Å². The normalized spacial score (nSPS) is 18.0. The van der Waals surface area contributed by atoms with Gasteiger partial charge < -0.3 is 15.4 Å². The van der Waals surface area contributed by atoms with E-state index in [-0.39, 0.29) is 11.9 Å². The third-order valence-electron chi connectivity index (χ3n) is 3.92. The molecule has 5 heteroatoms. The molecule has 2 aromatic rings. The zero-order chi connectivity index (χ0) is 15.9. The number of benzene rings is 2. The van der Waals surface area contributed by atoms with Gasteiger partial charge in [0.2, 0.25) is 5.91 Å². The fraction of sp³-hybridized carbons (Fsp3) is 0.389. The zero-order valence-electron chi connectivity index (χ0n) is 13.1. The van der Waals surface area contributed by atoms with Gasteiger partial charge in [0.05, 0.1) is 13.2 Å². The van der Waals surface area contributed by atoms with E-state index in [1.165, 1.54) is 16.3 Å². The third-order valence-corrected chi connectivity index (χ3v) is 4.93. The summed E-state index contributed by atoms with van der Waals surface area (Å²) in [7, 11) is 0. The minimum Gasteiger partial charge on any atom is -0.378 e. The maximum Gasteiger partial charge on any atom is 0.239 e. The summed E-state index contributed by atoms with van der Waals surface area (Å²) in [6, 6.07) is 14.7. The highest BCUT2D eigenvalue weighted by Gasteiger charge is 2.20. The van der Waals surface area contributed by atoms with Crippen LogP contribution in [0.4, 0.5) is 0 Å². The molecule has 0 radical (unpaired) electrons. The Balaban J connectivity index is 1.42. The predicted molar refractivity (Wildman–Crippen MR) is 95.7 cm³/mol. The highest BCUT2D eigenvalue weighted by atomic mass is 32.2. The number of thioether (sulfide) groups is 1. The first-order chi connectivity index (χ1) is 11.3. The maximum atomic E-state index is 11.9. The van der Waals surface area contributed by atoms with Gasteiger partial charge >= 0.3 is 0 Å². The molecule has 1 amide bonds. The van der Waals surface area contributed by atoms with E-state index in [9.17, 15) is 4.79 Å². The van der Waals surface area contributed by atoms with E-state index < -0.39 is 0 Å². The van der Waals surface area contributed by atoms with Crippen LogP contribution in [0.1, 0.15) is 5.56 Å². The minimum atomic E-state index is -0.202. The van der Waals surface area contributed by atoms with E-state index >= 15 is 0 Å². The Morgan fingerprint density at radius 3 is 3.00 bits per heavy atom. The van der Waals surface area contributed by atoms with Crippen LogP contribution in [0.5, 0.6) is 0 Å². The molecule has 1 aliphatic heterocycles. The van der Waals surface area contributed by atoms with Crippen molar-refractivity contribution in [2.45, 2.75) is 11.8 Å². The van der Waals surface area contributed by atoms with Crippen molar-refractivity contribution in [3.63, 3.8) is 0 Å². The molecule has 0 aromatic heterocycles. The molecule has 0 aliphatic carbocycles. The average molecular weight is 330 g/mol. The van der Waals surface area contributed by atoms with Gasteiger partial charge in [0.1, 0.15) is 6.04 Å². The molecule has 0 spiro atoms. The van der Waals surface area contributed by atoms with Gasteiger partial charge in [0, 0.05) is 24.6 Å². The third kappa shape index (κ3) is 4.47. The second-order valence-electron chi connectivity index (χ2n) is 5.56. The highest BCUT2D eigenvalue weighted by Crippen LogP contribution is 2.22. The molecule has 2 aromatic carbocycles. The Hall–Kier alpha value is -1.56. The summed E-state index contributed by atoms with van der Waals surface area (Å²) >= 11 is 1.84. The van der Waals surface area contributed by atoms with Crippen molar-refractivity contribution in [1.29, 1.82) is 0 Å². The Labute approximate surface area is 141 Å². The summed E-state index contributed by atoms with van der Waals surface area (Å²) in [6.07, 6.45) is 0. The van der Waals surface area contributed by atoms with Crippen molar-refractivity contribution in [3.8, 4) is 0 Å². The van der Waals surface area contributed by atoms with E-state index in [1.54, 1.807) is 0 Å². The second-order valence-corrected chi connectivity index (χ2v) is 6.67. The number of amides is 1. The van der Waals surface area contributed by atoms with Crippen molar-refractivity contribution in [2.75, 3.05) is 32.1 Å². The molecule has 3 rings (SSSR count). The lowest BCUT2D eigenvalue weighted by Gasteiger charge is -2.22. The fourth-order valence-corrected chi connectivity index (χ4v) is 3.57. The van der Waals surface area contributed by atoms with E-state index in [0.717, 1.165) is 18.1 Å². The number of ether oxygens (including phenoxy) is 1. The monoisotopic (exact) mass is 330 g/mol. The molecule has 0 bridgehead atoms. The number of carbonyl (C=O) groups is 1. The quantitative estimate of drug-likeness (QED) is 0.797. The number of rotatable bonds is 6. The second kappa shape index (κ2) is 8.34. The standard InChI is InChI=1S/C18H22N2O2S/c21-18(17-12-22-10-8-19-17)20-9-11-23-13-15-6-3-5-14-4-1-2-7-16(14)15/h1-7,17,19H,8-13H2,(H,20,21). The summed E-state index contributed by atoms with van der Waals surface area (Å²) in [6.45, 7) is 2.58. The van der Waals surface area contributed by atoms with E-state index in [0.29, 0.717) is 19.8 Å². The molecule has 1 aliphatic rings. The number of hydrogen-bond acceptors (Lipinski definition) is 4. The first-order valence-electron chi connectivity index (χ1n) is 7.98. The van der Waals surface area contributed by atoms with Gasteiger partial charge in [-0.05, 0) is 16.3 Å². The van der Waals surface area contributed by atoms with Gasteiger partial charge in [-0.2, -0.15) is 11.8 Å². The van der Waals surface area contributed by atoms with Crippen LogP contribution in [0.2, 0.25) is 0 Å².